The summed E-state index contributed by atoms with van der Waals surface area (Å²) in [6.07, 6.45) is 2.76. The lowest BCUT2D eigenvalue weighted by atomic mass is 10.1. The van der Waals surface area contributed by atoms with Crippen LogP contribution in [0.2, 0.25) is 0 Å². The molecule has 1 aliphatic rings. The second-order valence-electron chi connectivity index (χ2n) is 7.15. The highest BCUT2D eigenvalue weighted by molar-refractivity contribution is 7.98. The lowest BCUT2D eigenvalue weighted by Crippen LogP contribution is -2.57. The number of nitrogens with one attached hydrogen (secondary N) is 2. The Morgan fingerprint density at radius 1 is 1.16 bits per heavy atom. The van der Waals surface area contributed by atoms with E-state index < -0.39 is 53.8 Å². The van der Waals surface area contributed by atoms with Crippen molar-refractivity contribution in [2.75, 3.05) is 24.3 Å². The van der Waals surface area contributed by atoms with Crippen LogP contribution >= 0.6 is 24.4 Å². The predicted molar refractivity (Wildman–Crippen MR) is 118 cm³/mol. The third-order valence-corrected chi connectivity index (χ3v) is 5.87. The molecule has 0 aliphatic carbocycles. The molecular weight excluding hydrogens is 448 g/mol. The minimum atomic E-state index is -1.23. The number of thioether (sulfide) groups is 1. The van der Waals surface area contributed by atoms with Crippen molar-refractivity contribution >= 4 is 54.1 Å². The van der Waals surface area contributed by atoms with Gasteiger partial charge < -0.3 is 31.5 Å². The second-order valence-corrected chi connectivity index (χ2v) is 8.50. The molecule has 1 aliphatic heterocycles. The highest BCUT2D eigenvalue weighted by Crippen LogP contribution is 2.19. The van der Waals surface area contributed by atoms with E-state index in [1.807, 2.05) is 6.26 Å². The maximum absolute atomic E-state index is 12.9. The summed E-state index contributed by atoms with van der Waals surface area (Å²) in [7, 11) is 0. The van der Waals surface area contributed by atoms with Crippen LogP contribution in [0, 0.1) is 0 Å². The number of carboxylic acid groups (broad SMARTS) is 2. The lowest BCUT2D eigenvalue weighted by molar-refractivity contribution is -0.143. The van der Waals surface area contributed by atoms with Crippen LogP contribution < -0.4 is 16.4 Å². The zero-order valence-electron chi connectivity index (χ0n) is 17.3. The second kappa shape index (κ2) is 13.4. The van der Waals surface area contributed by atoms with Gasteiger partial charge in [0.1, 0.15) is 18.1 Å². The summed E-state index contributed by atoms with van der Waals surface area (Å²) in [4.78, 5) is 61.2. The van der Waals surface area contributed by atoms with Crippen molar-refractivity contribution in [1.29, 1.82) is 0 Å². The van der Waals surface area contributed by atoms with Crippen LogP contribution in [-0.4, -0.2) is 93.2 Å². The Morgan fingerprint density at radius 2 is 1.84 bits per heavy atom. The van der Waals surface area contributed by atoms with Crippen molar-refractivity contribution in [2.45, 2.75) is 56.3 Å². The van der Waals surface area contributed by atoms with Gasteiger partial charge in [0, 0.05) is 18.7 Å². The monoisotopic (exact) mass is 478 g/mol. The van der Waals surface area contributed by atoms with Gasteiger partial charge in [-0.2, -0.15) is 24.4 Å². The first-order chi connectivity index (χ1) is 14.6. The number of carboxylic acids is 2. The molecule has 1 heterocycles. The maximum Gasteiger partial charge on any atom is 0.327 e. The molecule has 0 radical (unpaired) electrons. The van der Waals surface area contributed by atoms with Gasteiger partial charge in [-0.05, 0) is 37.7 Å². The number of nitrogens with zero attached hydrogens (tertiary/aromatic N) is 1. The standard InChI is InChI=1S/C18H30N4O7S2/c1-31-8-6-11(15(25)21-12(9-30)18(28)29)20-16(26)13-3-2-7-22(13)17(27)10(19)4-5-14(23)24/h10-13,30H,2-9,19H2,1H3,(H,20,26)(H,21,25)(H,23,24)(H,28,29). The first-order valence-corrected chi connectivity index (χ1v) is 11.9. The molecule has 31 heavy (non-hydrogen) atoms. The Morgan fingerprint density at radius 3 is 2.39 bits per heavy atom. The highest BCUT2D eigenvalue weighted by Gasteiger charge is 2.37. The number of carbonyl (C=O) groups is 5. The number of likely N-dealkylation sites (tertiary alicyclic amines) is 1. The molecule has 176 valence electrons. The number of thiol groups is 1. The van der Waals surface area contributed by atoms with E-state index in [9.17, 15) is 24.0 Å². The maximum atomic E-state index is 12.9. The summed E-state index contributed by atoms with van der Waals surface area (Å²) < 4.78 is 0. The summed E-state index contributed by atoms with van der Waals surface area (Å²) in [6, 6.07) is -4.03. The number of carbonyl (C=O) groups excluding carboxylic acids is 3. The molecule has 0 aromatic heterocycles. The Labute approximate surface area is 190 Å². The molecule has 4 unspecified atom stereocenters. The van der Waals surface area contributed by atoms with E-state index in [1.54, 1.807) is 0 Å². The average molecular weight is 479 g/mol. The van der Waals surface area contributed by atoms with Gasteiger partial charge in [-0.3, -0.25) is 19.2 Å². The Bertz CT molecular complexity index is 679. The SMILES string of the molecule is CSCCC(NC(=O)C1CCCN1C(=O)C(N)CCC(=O)O)C(=O)NC(CS)C(=O)O. The van der Waals surface area contributed by atoms with Gasteiger partial charge in [0.25, 0.3) is 0 Å². The topological polar surface area (TPSA) is 179 Å². The number of hydrogen-bond donors (Lipinski definition) is 6. The highest BCUT2D eigenvalue weighted by atomic mass is 32.2. The lowest BCUT2D eigenvalue weighted by Gasteiger charge is -2.28. The number of hydrogen-bond acceptors (Lipinski definition) is 8. The van der Waals surface area contributed by atoms with E-state index >= 15 is 0 Å². The van der Waals surface area contributed by atoms with Crippen LogP contribution in [0.15, 0.2) is 0 Å². The molecule has 1 rings (SSSR count). The number of amides is 3. The first kappa shape index (κ1) is 27.0. The quantitative estimate of drug-likeness (QED) is 0.179. The summed E-state index contributed by atoms with van der Waals surface area (Å²) in [6.45, 7) is 0.306. The van der Waals surface area contributed by atoms with Gasteiger partial charge in [0.15, 0.2) is 0 Å². The van der Waals surface area contributed by atoms with E-state index in [-0.39, 0.29) is 25.0 Å². The first-order valence-electron chi connectivity index (χ1n) is 9.83. The molecular formula is C18H30N4O7S2. The minimum Gasteiger partial charge on any atom is -0.481 e. The summed E-state index contributed by atoms with van der Waals surface area (Å²) in [5, 5.41) is 22.9. The molecule has 6 N–H and O–H groups in total. The average Bonchev–Trinajstić information content (AvgIpc) is 3.21. The van der Waals surface area contributed by atoms with Crippen molar-refractivity contribution in [1.82, 2.24) is 15.5 Å². The summed E-state index contributed by atoms with van der Waals surface area (Å²) in [5.41, 5.74) is 5.81. The molecule has 0 bridgehead atoms. The van der Waals surface area contributed by atoms with Gasteiger partial charge in [0.2, 0.25) is 17.7 Å². The molecule has 13 heteroatoms. The van der Waals surface area contributed by atoms with E-state index in [0.29, 0.717) is 25.1 Å². The molecule has 1 fully saturated rings. The predicted octanol–water partition coefficient (Wildman–Crippen LogP) is -1.09. The molecule has 0 aromatic carbocycles. The van der Waals surface area contributed by atoms with E-state index in [0.717, 1.165) is 0 Å². The smallest absolute Gasteiger partial charge is 0.327 e. The van der Waals surface area contributed by atoms with Crippen molar-refractivity contribution in [2.24, 2.45) is 5.73 Å². The fourth-order valence-electron chi connectivity index (χ4n) is 3.15. The third kappa shape index (κ3) is 8.57. The Hall–Kier alpha value is -1.99. The van der Waals surface area contributed by atoms with Crippen molar-refractivity contribution < 1.29 is 34.2 Å². The van der Waals surface area contributed by atoms with Crippen molar-refractivity contribution in [3.63, 3.8) is 0 Å². The summed E-state index contributed by atoms with van der Waals surface area (Å²) in [5.74, 6) is -3.55. The minimum absolute atomic E-state index is 0.0436. The van der Waals surface area contributed by atoms with Crippen LogP contribution in [-0.2, 0) is 24.0 Å². The van der Waals surface area contributed by atoms with E-state index in [4.69, 9.17) is 15.9 Å². The van der Waals surface area contributed by atoms with Crippen LogP contribution in [0.25, 0.3) is 0 Å². The fraction of sp³-hybridized carbons (Fsp3) is 0.722. The van der Waals surface area contributed by atoms with E-state index in [1.165, 1.54) is 16.7 Å². The number of rotatable bonds is 13. The van der Waals surface area contributed by atoms with Gasteiger partial charge in [0.05, 0.1) is 6.04 Å². The molecule has 0 saturated carbocycles. The van der Waals surface area contributed by atoms with E-state index in [2.05, 4.69) is 23.3 Å². The van der Waals surface area contributed by atoms with Crippen LogP contribution in [0.1, 0.15) is 32.1 Å². The molecule has 1 saturated heterocycles. The van der Waals surface area contributed by atoms with Crippen LogP contribution in [0.4, 0.5) is 0 Å². The number of nitrogens with two attached hydrogens (primary N) is 1. The normalized spacial score (nSPS) is 18.7. The molecule has 3 amide bonds. The Kier molecular flexibility index (Phi) is 11.7. The summed E-state index contributed by atoms with van der Waals surface area (Å²) >= 11 is 5.38. The van der Waals surface area contributed by atoms with Gasteiger partial charge in [-0.1, -0.05) is 0 Å². The van der Waals surface area contributed by atoms with Crippen molar-refractivity contribution in [3.8, 4) is 0 Å². The molecule has 11 nitrogen and oxygen atoms in total. The van der Waals surface area contributed by atoms with Crippen molar-refractivity contribution in [3.05, 3.63) is 0 Å². The van der Waals surface area contributed by atoms with Crippen LogP contribution in [0.5, 0.6) is 0 Å². The fourth-order valence-corrected chi connectivity index (χ4v) is 3.87. The van der Waals surface area contributed by atoms with Crippen LogP contribution in [0.3, 0.4) is 0 Å². The van der Waals surface area contributed by atoms with Gasteiger partial charge >= 0.3 is 11.9 Å². The third-order valence-electron chi connectivity index (χ3n) is 4.87. The number of aliphatic carboxylic acids is 2. The zero-order valence-corrected chi connectivity index (χ0v) is 19.0. The molecule has 0 aromatic rings. The Balaban J connectivity index is 2.83. The molecule has 0 spiro atoms. The van der Waals surface area contributed by atoms with Gasteiger partial charge in [-0.15, -0.1) is 0 Å². The molecule has 4 atom stereocenters. The van der Waals surface area contributed by atoms with Gasteiger partial charge in [-0.25, -0.2) is 4.79 Å². The zero-order chi connectivity index (χ0) is 23.6. The largest absolute Gasteiger partial charge is 0.481 e.